The monoisotopic (exact) mass is 1810 g/mol. The van der Waals surface area contributed by atoms with Crippen molar-refractivity contribution in [1.29, 1.82) is 0 Å². The summed E-state index contributed by atoms with van der Waals surface area (Å²) in [6.07, 6.45) is 22.8. The summed E-state index contributed by atoms with van der Waals surface area (Å²) in [5.41, 5.74) is 34.8. The quantitative estimate of drug-likeness (QED) is 0.175. The Bertz CT molecular complexity index is 6950. The minimum absolute atomic E-state index is 0.0177. The largest absolute Gasteiger partial charge is 0.448 e. The van der Waals surface area contributed by atoms with Gasteiger partial charge in [-0.3, -0.25) is 0 Å². The number of para-hydroxylation sites is 5. The van der Waals surface area contributed by atoms with Crippen LogP contribution in [0.2, 0.25) is 0 Å². The third-order valence-electron chi connectivity index (χ3n) is 39.1. The Morgan fingerprint density at radius 2 is 0.629 bits per heavy atom. The molecule has 17 heterocycles. The van der Waals surface area contributed by atoms with Gasteiger partial charge in [-0.05, 0) is 279 Å². The molecule has 12 nitrogen and oxygen atoms in total. The van der Waals surface area contributed by atoms with Crippen LogP contribution < -0.4 is 24.5 Å². The Labute approximate surface area is 796 Å². The van der Waals surface area contributed by atoms with Crippen LogP contribution in [0.15, 0.2) is 177 Å². The number of rotatable bonds is 3. The standard InChI is InChI=1S/C26H30N2S.2C24H30N2O.C22H26N2S.C21H24N2S/c1-15-6-4-5-7-22(15)28-16(2)23-21-8-9-29-25(21)27(3)24(23)26(28)19-11-17-10-18(13-19)14-20(26)12-17;2*1-14-10-9-11-17-19(14)26-15(2)18-16-12-13-27-21(16)25(8)20(18)24(26,7)23(5,6)22(17,3)4;1-15-9-5-6-10-18(15)24-16(2)19-17-11-14-25-21(17)23(3)20(19)22(24)12-7-4-8-13-22;1-14-8-4-5-9-17(14)23-15(2)18-16-10-13-24-20(16)22(3)19(18)21(23)11-6-7-12-21/h4-9,16-20H,10-14H2,1-3H3;2*9-13,15H,1-8H3;5-6,9-11,14,16H,4,7-8,12-13H2,1-3H3;4-5,8-10,13,15H,6-7,11-12H2,1-3H3/t16-,17?,18?,19?,20?,26?;2*15-,24?;16-;15-/m00000/s1. The van der Waals surface area contributed by atoms with E-state index in [1.807, 2.05) is 46.5 Å². The number of furan rings is 2. The zero-order chi connectivity index (χ0) is 92.2. The summed E-state index contributed by atoms with van der Waals surface area (Å²) in [6, 6.07) is 54.0. The average Bonchev–Trinajstić information content (AvgIpc) is 1.48. The van der Waals surface area contributed by atoms with Crippen LogP contribution in [-0.2, 0) is 73.8 Å². The first kappa shape index (κ1) is 86.6. The van der Waals surface area contributed by atoms with Crippen LogP contribution in [0.25, 0.3) is 52.8 Å². The van der Waals surface area contributed by atoms with Gasteiger partial charge in [-0.1, -0.05) is 178 Å². The van der Waals surface area contributed by atoms with Gasteiger partial charge in [0.15, 0.2) is 0 Å². The molecule has 7 atom stereocenters. The second-order valence-electron chi connectivity index (χ2n) is 45.4. The highest BCUT2D eigenvalue weighted by molar-refractivity contribution is 7.17. The molecule has 10 aromatic heterocycles. The lowest BCUT2D eigenvalue weighted by atomic mass is 9.47. The molecule has 6 aliphatic carbocycles. The highest BCUT2D eigenvalue weighted by atomic mass is 32.1. The van der Waals surface area contributed by atoms with Crippen LogP contribution in [-0.4, -0.2) is 22.8 Å². The number of hydrogen-bond acceptors (Lipinski definition) is 10. The van der Waals surface area contributed by atoms with Crippen molar-refractivity contribution in [3.63, 3.8) is 0 Å². The van der Waals surface area contributed by atoms with Gasteiger partial charge in [-0.15, -0.1) is 34.0 Å². The molecule has 3 spiro atoms. The van der Waals surface area contributed by atoms with E-state index in [-0.39, 0.29) is 49.4 Å². The molecule has 4 bridgehead atoms. The van der Waals surface area contributed by atoms with Crippen molar-refractivity contribution >= 4 is 115 Å². The average molecular weight is 1810 g/mol. The van der Waals surface area contributed by atoms with Gasteiger partial charge in [0.25, 0.3) is 0 Å². The maximum atomic E-state index is 5.88. The SMILES string of the molecule is Cc1cccc2c1N1[C@@H](C)c3c(n(C)c4occc34)C1(C)C(C)(C)C2(C)C.Cc1cccc2c1N1[C@@H](C)c3c(n(C)c4occc34)C1(C)C(C)(C)C2(C)C.Cc1ccccc1N1[C@@H](C)c2c(n(C)c3sccc23)C12C1CC3CC(C1)CC2C3.Cc1ccccc1N1[C@@H](C)c2c(n(C)c3sccc23)C12CCCC2.Cc1ccccc1N1[C@@H](C)c2c(n(C)c3sccc23)C12CCCCC2. The highest BCUT2D eigenvalue weighted by Gasteiger charge is 2.70. The van der Waals surface area contributed by atoms with Crippen LogP contribution in [0.5, 0.6) is 0 Å². The van der Waals surface area contributed by atoms with Crippen LogP contribution in [0, 0.1) is 69.1 Å². The maximum absolute atomic E-state index is 5.88. The topological polar surface area (TPSA) is 67.1 Å². The molecule has 2 unspecified atom stereocenters. The first-order valence-electron chi connectivity index (χ1n) is 50.2. The van der Waals surface area contributed by atoms with Gasteiger partial charge in [0, 0.05) is 129 Å². The first-order valence-corrected chi connectivity index (χ1v) is 52.8. The van der Waals surface area contributed by atoms with E-state index in [0.717, 1.165) is 35.1 Å². The third-order valence-corrected chi connectivity index (χ3v) is 42.1. The predicted molar refractivity (Wildman–Crippen MR) is 555 cm³/mol. The Kier molecular flexibility index (Phi) is 19.3. The summed E-state index contributed by atoms with van der Waals surface area (Å²) in [5.74, 6) is 3.60. The van der Waals surface area contributed by atoms with Gasteiger partial charge in [0.1, 0.15) is 14.5 Å². The van der Waals surface area contributed by atoms with Crippen molar-refractivity contribution in [2.75, 3.05) is 24.5 Å². The van der Waals surface area contributed by atoms with Gasteiger partial charge in [0.05, 0.1) is 98.9 Å². The summed E-state index contributed by atoms with van der Waals surface area (Å²) < 4.78 is 24.0. The van der Waals surface area contributed by atoms with Crippen molar-refractivity contribution in [1.82, 2.24) is 22.8 Å². The number of benzene rings is 5. The number of thiophene rings is 3. The fourth-order valence-corrected chi connectivity index (χ4v) is 34.9. The smallest absolute Gasteiger partial charge is 0.206 e. The molecule has 0 N–H and O–H groups in total. The molecular formula is C117H140N10O2S3. The van der Waals surface area contributed by atoms with E-state index in [1.165, 1.54) is 221 Å². The summed E-state index contributed by atoms with van der Waals surface area (Å²) >= 11 is 5.71. The van der Waals surface area contributed by atoms with E-state index < -0.39 is 0 Å². The van der Waals surface area contributed by atoms with Crippen LogP contribution in [0.1, 0.15) is 319 Å². The van der Waals surface area contributed by atoms with E-state index in [4.69, 9.17) is 8.83 Å². The second-order valence-corrected chi connectivity index (χ2v) is 48.1. The van der Waals surface area contributed by atoms with Gasteiger partial charge < -0.3 is 56.2 Å². The maximum Gasteiger partial charge on any atom is 0.206 e. The van der Waals surface area contributed by atoms with Gasteiger partial charge in [-0.25, -0.2) is 0 Å². The van der Waals surface area contributed by atoms with E-state index in [1.54, 1.807) is 33.8 Å². The molecule has 15 aromatic rings. The van der Waals surface area contributed by atoms with Gasteiger partial charge >= 0.3 is 0 Å². The molecule has 6 saturated carbocycles. The van der Waals surface area contributed by atoms with Crippen LogP contribution in [0.4, 0.5) is 28.4 Å². The lowest BCUT2D eigenvalue weighted by Gasteiger charge is -2.64. The number of aryl methyl sites for hydroxylation is 10. The fourth-order valence-electron chi connectivity index (χ4n) is 32.2. The third kappa shape index (κ3) is 10.7. The fraction of sp³-hybridized carbons (Fsp3) is 0.487. The molecule has 28 rings (SSSR count). The van der Waals surface area contributed by atoms with E-state index in [0.29, 0.717) is 30.2 Å². The zero-order valence-electron chi connectivity index (χ0n) is 83.3. The number of fused-ring (bicyclic) bond motifs is 25. The van der Waals surface area contributed by atoms with Crippen molar-refractivity contribution in [2.45, 2.75) is 297 Å². The lowest BCUT2D eigenvalue weighted by Crippen LogP contribution is -2.62. The van der Waals surface area contributed by atoms with E-state index in [9.17, 15) is 0 Å². The molecular weight excluding hydrogens is 1670 g/mol. The van der Waals surface area contributed by atoms with E-state index >= 15 is 0 Å². The minimum atomic E-state index is -0.124. The number of anilines is 5. The molecule has 688 valence electrons. The normalized spacial score (nSPS) is 27.6. The minimum Gasteiger partial charge on any atom is -0.448 e. The Balaban J connectivity index is 0.0000000937. The van der Waals surface area contributed by atoms with Crippen molar-refractivity contribution in [3.8, 4) is 0 Å². The van der Waals surface area contributed by atoms with Crippen molar-refractivity contribution < 1.29 is 8.83 Å². The molecule has 0 amide bonds. The molecule has 0 radical (unpaired) electrons. The second kappa shape index (κ2) is 29.5. The van der Waals surface area contributed by atoms with Gasteiger partial charge in [-0.2, -0.15) is 0 Å². The molecule has 5 aromatic carbocycles. The Morgan fingerprint density at radius 1 is 0.311 bits per heavy atom. The van der Waals surface area contributed by atoms with Crippen LogP contribution >= 0.6 is 34.0 Å². The van der Waals surface area contributed by atoms with Crippen molar-refractivity contribution in [2.24, 2.45) is 69.7 Å². The molecule has 7 aliphatic heterocycles. The molecule has 6 fully saturated rings. The summed E-state index contributed by atoms with van der Waals surface area (Å²) in [6.45, 7) is 47.8. The number of hydrogen-bond donors (Lipinski definition) is 0. The predicted octanol–water partition coefficient (Wildman–Crippen LogP) is 31.4. The lowest BCUT2D eigenvalue weighted by molar-refractivity contribution is -0.0629. The van der Waals surface area contributed by atoms with E-state index in [2.05, 4.69) is 377 Å². The number of nitrogens with zero attached hydrogens (tertiary/aromatic N) is 10. The van der Waals surface area contributed by atoms with Gasteiger partial charge in [0.2, 0.25) is 11.4 Å². The number of aromatic nitrogens is 5. The van der Waals surface area contributed by atoms with Crippen molar-refractivity contribution in [3.05, 3.63) is 263 Å². The molecule has 13 aliphatic rings. The summed E-state index contributed by atoms with van der Waals surface area (Å²) in [7, 11) is 11.3. The first-order chi connectivity index (χ1) is 63.0. The van der Waals surface area contributed by atoms with Crippen LogP contribution in [0.3, 0.4) is 0 Å². The molecule has 15 heteroatoms. The Hall–Kier alpha value is -9.54. The zero-order valence-corrected chi connectivity index (χ0v) is 85.7. The molecule has 132 heavy (non-hydrogen) atoms. The Morgan fingerprint density at radius 3 is 1.01 bits per heavy atom. The molecule has 0 saturated heterocycles. The summed E-state index contributed by atoms with van der Waals surface area (Å²) in [5, 5.41) is 13.8. The highest BCUT2D eigenvalue weighted by Crippen LogP contribution is 2.74. The summed E-state index contributed by atoms with van der Waals surface area (Å²) in [4.78, 5) is 18.3.